The van der Waals surface area contributed by atoms with Gasteiger partial charge in [-0.25, -0.2) is 0 Å². The number of hydrogen-bond donors (Lipinski definition) is 1. The fourth-order valence-electron chi connectivity index (χ4n) is 9.11. The highest BCUT2D eigenvalue weighted by atomic mass is 16.5. The van der Waals surface area contributed by atoms with Crippen molar-refractivity contribution in [1.29, 1.82) is 0 Å². The van der Waals surface area contributed by atoms with Crippen LogP contribution in [-0.4, -0.2) is 23.8 Å². The van der Waals surface area contributed by atoms with Crippen molar-refractivity contribution >= 4 is 5.97 Å². The van der Waals surface area contributed by atoms with Crippen molar-refractivity contribution in [2.75, 3.05) is 6.61 Å². The van der Waals surface area contributed by atoms with E-state index in [2.05, 4.69) is 40.9 Å². The maximum absolute atomic E-state index is 13.7. The van der Waals surface area contributed by atoms with E-state index in [1.807, 2.05) is 13.0 Å². The SMILES string of the molecule is C=C[C@@]1(C)[C@H](O)CC[C@]2(C)[C@@H]1CC[C@@]1(C)[C@H]2C[C@]2(C)CCC[C@]1(C(=O)OCC)C2=C. The van der Waals surface area contributed by atoms with Gasteiger partial charge in [-0.3, -0.25) is 4.79 Å². The molecule has 4 rings (SSSR count). The van der Waals surface area contributed by atoms with E-state index >= 15 is 0 Å². The van der Waals surface area contributed by atoms with Crippen LogP contribution in [-0.2, 0) is 9.53 Å². The summed E-state index contributed by atoms with van der Waals surface area (Å²) in [5, 5.41) is 10.9. The minimum absolute atomic E-state index is 0.0132. The molecule has 0 aromatic rings. The molecule has 4 aliphatic rings. The third kappa shape index (κ3) is 2.39. The minimum atomic E-state index is -0.576. The molecule has 3 heteroatoms. The summed E-state index contributed by atoms with van der Waals surface area (Å²) in [4.78, 5) is 13.7. The Labute approximate surface area is 183 Å². The number of aliphatic hydroxyl groups is 1. The number of esters is 1. The minimum Gasteiger partial charge on any atom is -0.465 e. The van der Waals surface area contributed by atoms with Crippen LogP contribution in [0.3, 0.4) is 0 Å². The summed E-state index contributed by atoms with van der Waals surface area (Å²) in [6, 6.07) is 0. The summed E-state index contributed by atoms with van der Waals surface area (Å²) < 4.78 is 5.78. The molecule has 0 amide bonds. The maximum Gasteiger partial charge on any atom is 0.316 e. The Balaban J connectivity index is 1.89. The fraction of sp³-hybridized carbons (Fsp3) is 0.815. The molecular formula is C27H42O3. The summed E-state index contributed by atoms with van der Waals surface area (Å²) in [7, 11) is 0. The van der Waals surface area contributed by atoms with Gasteiger partial charge in [-0.2, -0.15) is 0 Å². The van der Waals surface area contributed by atoms with Crippen molar-refractivity contribution in [1.82, 2.24) is 0 Å². The van der Waals surface area contributed by atoms with E-state index in [-0.39, 0.29) is 33.7 Å². The van der Waals surface area contributed by atoms with Gasteiger partial charge in [-0.15, -0.1) is 6.58 Å². The molecule has 0 aliphatic heterocycles. The van der Waals surface area contributed by atoms with Crippen molar-refractivity contribution in [3.05, 3.63) is 24.8 Å². The van der Waals surface area contributed by atoms with Gasteiger partial charge in [0.15, 0.2) is 0 Å². The molecule has 8 atom stereocenters. The first-order valence-electron chi connectivity index (χ1n) is 12.1. The molecule has 0 aromatic heterocycles. The standard InChI is InChI=1S/C27H42O3/c1-8-24(5)19-11-16-26(7)20(25(19,6)15-12-21(24)28)17-23(4)13-10-14-27(26,18(23)3)22(29)30-9-2/h8,19-21,28H,1,3,9-17H2,2,4-7H3/t19-,20+,21-,23+,24-,25-,26+,27-/m1/s1. The molecular weight excluding hydrogens is 372 g/mol. The van der Waals surface area contributed by atoms with Gasteiger partial charge in [-0.05, 0) is 80.0 Å². The molecule has 0 saturated heterocycles. The molecule has 0 radical (unpaired) electrons. The molecule has 4 aliphatic carbocycles. The van der Waals surface area contributed by atoms with E-state index in [0.29, 0.717) is 18.4 Å². The lowest BCUT2D eigenvalue weighted by atomic mass is 9.31. The molecule has 168 valence electrons. The van der Waals surface area contributed by atoms with Gasteiger partial charge >= 0.3 is 5.97 Å². The third-order valence-electron chi connectivity index (χ3n) is 11.0. The van der Waals surface area contributed by atoms with Crippen LogP contribution in [0.2, 0.25) is 0 Å². The Morgan fingerprint density at radius 3 is 2.47 bits per heavy atom. The number of ether oxygens (including phenoxy) is 1. The summed E-state index contributed by atoms with van der Waals surface area (Å²) in [5.41, 5.74) is 0.213. The smallest absolute Gasteiger partial charge is 0.316 e. The lowest BCUT2D eigenvalue weighted by Gasteiger charge is -2.72. The van der Waals surface area contributed by atoms with Crippen LogP contribution in [0.1, 0.15) is 86.0 Å². The average Bonchev–Trinajstić information content (AvgIpc) is 2.69. The molecule has 4 saturated carbocycles. The first kappa shape index (κ1) is 22.1. The molecule has 0 unspecified atom stereocenters. The Kier molecular flexibility index (Phi) is 4.94. The number of fused-ring (bicyclic) bond motifs is 6. The monoisotopic (exact) mass is 414 g/mol. The topological polar surface area (TPSA) is 46.5 Å². The molecule has 0 aromatic carbocycles. The van der Waals surface area contributed by atoms with E-state index in [4.69, 9.17) is 4.74 Å². The van der Waals surface area contributed by atoms with E-state index in [1.54, 1.807) is 0 Å². The van der Waals surface area contributed by atoms with Crippen molar-refractivity contribution in [3.8, 4) is 0 Å². The highest BCUT2D eigenvalue weighted by Gasteiger charge is 2.73. The molecule has 2 bridgehead atoms. The second-order valence-electron chi connectivity index (χ2n) is 11.9. The Morgan fingerprint density at radius 1 is 1.13 bits per heavy atom. The second-order valence-corrected chi connectivity index (χ2v) is 11.9. The molecule has 4 fully saturated rings. The highest BCUT2D eigenvalue weighted by Crippen LogP contribution is 2.77. The number of carbonyl (C=O) groups excluding carboxylic acids is 1. The number of aliphatic hydroxyl groups excluding tert-OH is 1. The van der Waals surface area contributed by atoms with Crippen LogP contribution in [0.4, 0.5) is 0 Å². The van der Waals surface area contributed by atoms with Gasteiger partial charge in [0.1, 0.15) is 0 Å². The van der Waals surface area contributed by atoms with Crippen LogP contribution in [0, 0.1) is 38.9 Å². The largest absolute Gasteiger partial charge is 0.465 e. The summed E-state index contributed by atoms with van der Waals surface area (Å²) in [6.07, 6.45) is 9.68. The average molecular weight is 415 g/mol. The molecule has 0 heterocycles. The summed E-state index contributed by atoms with van der Waals surface area (Å²) in [6.45, 7) is 20.5. The fourth-order valence-corrected chi connectivity index (χ4v) is 9.11. The predicted octanol–water partition coefficient (Wildman–Crippen LogP) is 6.07. The zero-order valence-electron chi connectivity index (χ0n) is 19.9. The van der Waals surface area contributed by atoms with E-state index in [9.17, 15) is 9.90 Å². The van der Waals surface area contributed by atoms with Gasteiger partial charge in [0.05, 0.1) is 18.1 Å². The van der Waals surface area contributed by atoms with E-state index in [0.717, 1.165) is 56.9 Å². The van der Waals surface area contributed by atoms with Gasteiger partial charge < -0.3 is 9.84 Å². The normalized spacial score (nSPS) is 52.7. The number of rotatable bonds is 3. The second kappa shape index (κ2) is 6.70. The van der Waals surface area contributed by atoms with Crippen LogP contribution in [0.15, 0.2) is 24.8 Å². The number of carbonyl (C=O) groups is 1. The Hall–Kier alpha value is -1.09. The first-order valence-corrected chi connectivity index (χ1v) is 12.1. The van der Waals surface area contributed by atoms with E-state index < -0.39 is 5.41 Å². The van der Waals surface area contributed by atoms with Crippen molar-refractivity contribution in [3.63, 3.8) is 0 Å². The molecule has 0 spiro atoms. The quantitative estimate of drug-likeness (QED) is 0.450. The van der Waals surface area contributed by atoms with Gasteiger partial charge in [0.25, 0.3) is 0 Å². The van der Waals surface area contributed by atoms with Gasteiger partial charge in [-0.1, -0.05) is 52.3 Å². The first-order chi connectivity index (χ1) is 14.0. The van der Waals surface area contributed by atoms with Crippen LogP contribution < -0.4 is 0 Å². The Bertz CT molecular complexity index is 772. The van der Waals surface area contributed by atoms with Gasteiger partial charge in [0.2, 0.25) is 0 Å². The third-order valence-corrected chi connectivity index (χ3v) is 11.0. The van der Waals surface area contributed by atoms with Crippen LogP contribution in [0.25, 0.3) is 0 Å². The number of hydrogen-bond acceptors (Lipinski definition) is 3. The summed E-state index contributed by atoms with van der Waals surface area (Å²) in [5.74, 6) is 0.771. The Morgan fingerprint density at radius 2 is 1.83 bits per heavy atom. The zero-order valence-corrected chi connectivity index (χ0v) is 19.9. The van der Waals surface area contributed by atoms with E-state index in [1.165, 1.54) is 0 Å². The van der Waals surface area contributed by atoms with Crippen molar-refractivity contribution in [2.24, 2.45) is 38.9 Å². The maximum atomic E-state index is 13.7. The molecule has 1 N–H and O–H groups in total. The van der Waals surface area contributed by atoms with Gasteiger partial charge in [0, 0.05) is 5.41 Å². The summed E-state index contributed by atoms with van der Waals surface area (Å²) >= 11 is 0. The highest BCUT2D eigenvalue weighted by molar-refractivity contribution is 5.83. The lowest BCUT2D eigenvalue weighted by Crippen LogP contribution is -2.68. The zero-order chi connectivity index (χ0) is 22.2. The van der Waals surface area contributed by atoms with Crippen molar-refractivity contribution < 1.29 is 14.6 Å². The van der Waals surface area contributed by atoms with Crippen LogP contribution >= 0.6 is 0 Å². The predicted molar refractivity (Wildman–Crippen MR) is 121 cm³/mol. The van der Waals surface area contributed by atoms with Crippen molar-refractivity contribution in [2.45, 2.75) is 92.1 Å². The molecule has 30 heavy (non-hydrogen) atoms. The lowest BCUT2D eigenvalue weighted by molar-refractivity contribution is -0.226. The molecule has 3 nitrogen and oxygen atoms in total. The van der Waals surface area contributed by atoms with Crippen LogP contribution in [0.5, 0.6) is 0 Å².